The maximum absolute atomic E-state index is 8.97. The van der Waals surface area contributed by atoms with E-state index in [9.17, 15) is 0 Å². The summed E-state index contributed by atoms with van der Waals surface area (Å²) < 4.78 is 0.975. The van der Waals surface area contributed by atoms with E-state index in [1.54, 1.807) is 6.92 Å². The van der Waals surface area contributed by atoms with Crippen molar-refractivity contribution in [2.75, 3.05) is 0 Å². The largest absolute Gasteiger partial charge is 0.218 e. The molecule has 0 aliphatic carbocycles. The first-order chi connectivity index (χ1) is 7.70. The molecule has 0 spiro atoms. The molecule has 0 amide bonds. The van der Waals surface area contributed by atoms with Crippen molar-refractivity contribution in [2.45, 2.75) is 6.92 Å². The number of hydrogen-bond acceptors (Lipinski definition) is 4. The number of nitriles is 1. The monoisotopic (exact) mass is 274 g/mol. The molecule has 4 nitrogen and oxygen atoms in total. The second-order valence-electron chi connectivity index (χ2n) is 3.17. The highest BCUT2D eigenvalue weighted by Crippen LogP contribution is 2.21. The fourth-order valence-electron chi connectivity index (χ4n) is 1.29. The Morgan fingerprint density at radius 3 is 2.50 bits per heavy atom. The fraction of sp³-hybridized carbons (Fsp3) is 0.0909. The van der Waals surface area contributed by atoms with Crippen LogP contribution in [0.1, 0.15) is 11.5 Å². The molecule has 5 heteroatoms. The van der Waals surface area contributed by atoms with Gasteiger partial charge in [0.2, 0.25) is 0 Å². The van der Waals surface area contributed by atoms with Crippen molar-refractivity contribution in [2.24, 2.45) is 0 Å². The van der Waals surface area contributed by atoms with Crippen molar-refractivity contribution >= 4 is 15.9 Å². The molecule has 78 valence electrons. The first-order valence-corrected chi connectivity index (χ1v) is 5.37. The summed E-state index contributed by atoms with van der Waals surface area (Å²) in [6, 6.07) is 9.53. The SMILES string of the molecule is Cc1nnc(-c2ccc(Br)cc2)c(C#N)n1. The lowest BCUT2D eigenvalue weighted by Crippen LogP contribution is -1.99. The second-order valence-corrected chi connectivity index (χ2v) is 4.09. The summed E-state index contributed by atoms with van der Waals surface area (Å²) >= 11 is 3.35. The average Bonchev–Trinajstić information content (AvgIpc) is 2.30. The minimum atomic E-state index is 0.301. The molecule has 0 N–H and O–H groups in total. The van der Waals surface area contributed by atoms with Crippen LogP contribution in [0.4, 0.5) is 0 Å². The number of nitrogens with zero attached hydrogens (tertiary/aromatic N) is 4. The van der Waals surface area contributed by atoms with Gasteiger partial charge in [0.25, 0.3) is 0 Å². The Bertz CT molecular complexity index is 557. The molecule has 2 rings (SSSR count). The van der Waals surface area contributed by atoms with E-state index >= 15 is 0 Å². The molecule has 16 heavy (non-hydrogen) atoms. The smallest absolute Gasteiger partial charge is 0.170 e. The molecule has 0 aliphatic rings. The van der Waals surface area contributed by atoms with Gasteiger partial charge in [-0.2, -0.15) is 5.26 Å². The third-order valence-corrected chi connectivity index (χ3v) is 2.54. The predicted molar refractivity (Wildman–Crippen MR) is 62.4 cm³/mol. The highest BCUT2D eigenvalue weighted by molar-refractivity contribution is 9.10. The van der Waals surface area contributed by atoms with Gasteiger partial charge in [-0.3, -0.25) is 0 Å². The highest BCUT2D eigenvalue weighted by atomic mass is 79.9. The summed E-state index contributed by atoms with van der Waals surface area (Å²) in [6.45, 7) is 1.71. The van der Waals surface area contributed by atoms with E-state index in [0.717, 1.165) is 10.0 Å². The minimum Gasteiger partial charge on any atom is -0.218 e. The van der Waals surface area contributed by atoms with Crippen LogP contribution in [0.15, 0.2) is 28.7 Å². The molecule has 0 radical (unpaired) electrons. The molecule has 0 saturated heterocycles. The number of benzene rings is 1. The van der Waals surface area contributed by atoms with E-state index in [2.05, 4.69) is 31.1 Å². The molecule has 1 aromatic heterocycles. The topological polar surface area (TPSA) is 62.5 Å². The van der Waals surface area contributed by atoms with Gasteiger partial charge >= 0.3 is 0 Å². The van der Waals surface area contributed by atoms with E-state index in [1.807, 2.05) is 30.3 Å². The number of halogens is 1. The Labute approximate surface area is 101 Å². The summed E-state index contributed by atoms with van der Waals surface area (Å²) in [5, 5.41) is 16.8. The number of aryl methyl sites for hydroxylation is 1. The zero-order chi connectivity index (χ0) is 11.5. The molecule has 0 unspecified atom stereocenters. The summed E-state index contributed by atoms with van der Waals surface area (Å²) in [7, 11) is 0. The Morgan fingerprint density at radius 1 is 1.19 bits per heavy atom. The van der Waals surface area contributed by atoms with E-state index in [1.165, 1.54) is 0 Å². The minimum absolute atomic E-state index is 0.301. The molecule has 1 heterocycles. The van der Waals surface area contributed by atoms with Crippen molar-refractivity contribution < 1.29 is 0 Å². The quantitative estimate of drug-likeness (QED) is 0.802. The molecule has 0 saturated carbocycles. The van der Waals surface area contributed by atoms with Crippen molar-refractivity contribution in [3.63, 3.8) is 0 Å². The van der Waals surface area contributed by atoms with Gasteiger partial charge in [0.05, 0.1) is 0 Å². The molecule has 0 bridgehead atoms. The zero-order valence-corrected chi connectivity index (χ0v) is 10.1. The molecule has 0 atom stereocenters. The summed E-state index contributed by atoms with van der Waals surface area (Å²) in [6.07, 6.45) is 0. The maximum atomic E-state index is 8.97. The Hall–Kier alpha value is -1.80. The lowest BCUT2D eigenvalue weighted by atomic mass is 10.1. The van der Waals surface area contributed by atoms with Crippen LogP contribution in [-0.2, 0) is 0 Å². The van der Waals surface area contributed by atoms with Crippen LogP contribution in [0.25, 0.3) is 11.3 Å². The van der Waals surface area contributed by atoms with Crippen LogP contribution >= 0.6 is 15.9 Å². The van der Waals surface area contributed by atoms with Gasteiger partial charge < -0.3 is 0 Å². The molecular formula is C11H7BrN4. The van der Waals surface area contributed by atoms with E-state index in [0.29, 0.717) is 17.2 Å². The van der Waals surface area contributed by atoms with Crippen molar-refractivity contribution in [1.29, 1.82) is 5.26 Å². The van der Waals surface area contributed by atoms with Gasteiger partial charge in [-0.1, -0.05) is 28.1 Å². The van der Waals surface area contributed by atoms with Gasteiger partial charge in [-0.25, -0.2) is 4.98 Å². The maximum Gasteiger partial charge on any atom is 0.170 e. The standard InChI is InChI=1S/C11H7BrN4/c1-7-14-10(6-13)11(16-15-7)8-2-4-9(12)5-3-8/h2-5H,1H3. The Balaban J connectivity index is 2.56. The normalized spacial score (nSPS) is 9.81. The fourth-order valence-corrected chi connectivity index (χ4v) is 1.55. The molecule has 0 fully saturated rings. The van der Waals surface area contributed by atoms with E-state index < -0.39 is 0 Å². The molecule has 1 aromatic carbocycles. The van der Waals surface area contributed by atoms with Crippen molar-refractivity contribution in [1.82, 2.24) is 15.2 Å². The number of aromatic nitrogens is 3. The lowest BCUT2D eigenvalue weighted by Gasteiger charge is -2.02. The number of hydrogen-bond donors (Lipinski definition) is 0. The first-order valence-electron chi connectivity index (χ1n) is 4.58. The van der Waals surface area contributed by atoms with Gasteiger partial charge in [0, 0.05) is 10.0 Å². The third kappa shape index (κ3) is 2.07. The van der Waals surface area contributed by atoms with Crippen LogP contribution < -0.4 is 0 Å². The van der Waals surface area contributed by atoms with Crippen LogP contribution in [0.3, 0.4) is 0 Å². The molecular weight excluding hydrogens is 268 g/mol. The van der Waals surface area contributed by atoms with Crippen molar-refractivity contribution in [3.05, 3.63) is 40.3 Å². The third-order valence-electron chi connectivity index (χ3n) is 2.02. The first kappa shape index (κ1) is 10.7. The Morgan fingerprint density at radius 2 is 1.88 bits per heavy atom. The van der Waals surface area contributed by atoms with Crippen molar-refractivity contribution in [3.8, 4) is 17.3 Å². The van der Waals surface area contributed by atoms with Gasteiger partial charge in [-0.15, -0.1) is 10.2 Å². The van der Waals surface area contributed by atoms with Crippen LogP contribution in [-0.4, -0.2) is 15.2 Å². The van der Waals surface area contributed by atoms with Gasteiger partial charge in [-0.05, 0) is 19.1 Å². The molecule has 2 aromatic rings. The second kappa shape index (κ2) is 4.37. The zero-order valence-electron chi connectivity index (χ0n) is 8.48. The lowest BCUT2D eigenvalue weighted by molar-refractivity contribution is 0.903. The van der Waals surface area contributed by atoms with Crippen LogP contribution in [0.5, 0.6) is 0 Å². The predicted octanol–water partition coefficient (Wildman–Crippen LogP) is 2.48. The number of rotatable bonds is 1. The van der Waals surface area contributed by atoms with Gasteiger partial charge in [0.15, 0.2) is 5.69 Å². The summed E-state index contributed by atoms with van der Waals surface area (Å²) in [5.41, 5.74) is 1.65. The van der Waals surface area contributed by atoms with Gasteiger partial charge in [0.1, 0.15) is 17.6 Å². The highest BCUT2D eigenvalue weighted by Gasteiger charge is 2.09. The van der Waals surface area contributed by atoms with E-state index in [4.69, 9.17) is 5.26 Å². The van der Waals surface area contributed by atoms with Crippen LogP contribution in [0.2, 0.25) is 0 Å². The van der Waals surface area contributed by atoms with Crippen LogP contribution in [0, 0.1) is 18.3 Å². The summed E-state index contributed by atoms with van der Waals surface area (Å²) in [5.74, 6) is 0.498. The summed E-state index contributed by atoms with van der Waals surface area (Å²) in [4.78, 5) is 4.04. The average molecular weight is 275 g/mol. The van der Waals surface area contributed by atoms with E-state index in [-0.39, 0.29) is 0 Å². The Kier molecular flexibility index (Phi) is 2.93. The molecule has 0 aliphatic heterocycles.